The van der Waals surface area contributed by atoms with Crippen molar-refractivity contribution in [1.29, 1.82) is 0 Å². The smallest absolute Gasteiger partial charge is 0.123 e. The Morgan fingerprint density at radius 2 is 1.77 bits per heavy atom. The number of piperidine rings is 1. The van der Waals surface area contributed by atoms with E-state index >= 15 is 0 Å². The molecule has 0 aromatic heterocycles. The van der Waals surface area contributed by atoms with Crippen LogP contribution in [0.4, 0.5) is 4.39 Å². The summed E-state index contributed by atoms with van der Waals surface area (Å²) in [6.45, 7) is 5.24. The van der Waals surface area contributed by atoms with Gasteiger partial charge in [-0.3, -0.25) is 9.80 Å². The molecule has 3 aliphatic heterocycles. The van der Waals surface area contributed by atoms with Crippen molar-refractivity contribution >= 4 is 0 Å². The van der Waals surface area contributed by atoms with E-state index in [1.54, 1.807) is 19.2 Å². The highest BCUT2D eigenvalue weighted by molar-refractivity contribution is 5.33. The zero-order chi connectivity index (χ0) is 17.9. The molecule has 3 saturated heterocycles. The van der Waals surface area contributed by atoms with Crippen molar-refractivity contribution in [3.63, 3.8) is 0 Å². The Labute approximate surface area is 155 Å². The number of benzene rings is 2. The van der Waals surface area contributed by atoms with Crippen LogP contribution in [-0.4, -0.2) is 42.6 Å². The first-order valence-electron chi connectivity index (χ1n) is 9.54. The van der Waals surface area contributed by atoms with E-state index in [1.165, 1.54) is 24.0 Å². The lowest BCUT2D eigenvalue weighted by atomic mass is 9.94. The Bertz CT molecular complexity index is 733. The number of hydrogen-bond donors (Lipinski definition) is 0. The topological polar surface area (TPSA) is 15.7 Å². The number of fused-ring (bicyclic) bond motifs is 4. The van der Waals surface area contributed by atoms with Crippen molar-refractivity contribution in [3.8, 4) is 5.75 Å². The average Bonchev–Trinajstić information content (AvgIpc) is 2.95. The van der Waals surface area contributed by atoms with Crippen LogP contribution in [0, 0.1) is 11.7 Å². The van der Waals surface area contributed by atoms with Gasteiger partial charge in [-0.05, 0) is 42.5 Å². The lowest BCUT2D eigenvalue weighted by Gasteiger charge is -2.36. The normalized spacial score (nSPS) is 23.8. The third kappa shape index (κ3) is 3.92. The first-order valence-corrected chi connectivity index (χ1v) is 9.54. The summed E-state index contributed by atoms with van der Waals surface area (Å²) >= 11 is 0. The molecule has 0 unspecified atom stereocenters. The standard InChI is InChI=1S/C22H27FN2O/c1-26-22-5-3-2-4-19(22)15-25-14-18-8-11-21(25)16-24(13-18)12-17-6-9-20(23)10-7-17/h2-7,9-10,18,21H,8,11-16H2,1H3/t18-,21+/m0/s1. The van der Waals surface area contributed by atoms with Gasteiger partial charge in [0.15, 0.2) is 0 Å². The molecule has 3 aliphatic rings. The molecule has 2 atom stereocenters. The first-order chi connectivity index (χ1) is 12.7. The minimum Gasteiger partial charge on any atom is -0.496 e. The van der Waals surface area contributed by atoms with E-state index in [4.69, 9.17) is 4.74 Å². The third-order valence-corrected chi connectivity index (χ3v) is 5.79. The number of methoxy groups -OCH3 is 1. The van der Waals surface area contributed by atoms with E-state index in [0.29, 0.717) is 12.0 Å². The Kier molecular flexibility index (Phi) is 5.23. The van der Waals surface area contributed by atoms with Crippen molar-refractivity contribution in [3.05, 3.63) is 65.5 Å². The van der Waals surface area contributed by atoms with Gasteiger partial charge in [0.25, 0.3) is 0 Å². The van der Waals surface area contributed by atoms with E-state index in [0.717, 1.165) is 38.5 Å². The van der Waals surface area contributed by atoms with Crippen LogP contribution >= 0.6 is 0 Å². The second-order valence-corrected chi connectivity index (χ2v) is 7.66. The zero-order valence-corrected chi connectivity index (χ0v) is 15.4. The van der Waals surface area contributed by atoms with Gasteiger partial charge in [-0.2, -0.15) is 0 Å². The summed E-state index contributed by atoms with van der Waals surface area (Å²) in [6, 6.07) is 15.9. The lowest BCUT2D eigenvalue weighted by Crippen LogP contribution is -2.43. The van der Waals surface area contributed by atoms with Gasteiger partial charge in [0.1, 0.15) is 11.6 Å². The van der Waals surface area contributed by atoms with Gasteiger partial charge in [-0.1, -0.05) is 30.3 Å². The Morgan fingerprint density at radius 3 is 2.58 bits per heavy atom. The van der Waals surface area contributed by atoms with Gasteiger partial charge in [0.2, 0.25) is 0 Å². The largest absolute Gasteiger partial charge is 0.496 e. The molecule has 0 radical (unpaired) electrons. The maximum absolute atomic E-state index is 13.2. The highest BCUT2D eigenvalue weighted by Crippen LogP contribution is 2.31. The Hall–Kier alpha value is -1.91. The van der Waals surface area contributed by atoms with Crippen molar-refractivity contribution in [2.24, 2.45) is 5.92 Å². The summed E-state index contributed by atoms with van der Waals surface area (Å²) in [7, 11) is 1.75. The number of hydrogen-bond acceptors (Lipinski definition) is 3. The zero-order valence-electron chi connectivity index (χ0n) is 15.4. The van der Waals surface area contributed by atoms with Crippen LogP contribution in [0.1, 0.15) is 24.0 Å². The fourth-order valence-corrected chi connectivity index (χ4v) is 4.50. The molecule has 0 amide bonds. The summed E-state index contributed by atoms with van der Waals surface area (Å²) in [4.78, 5) is 5.19. The number of nitrogens with zero attached hydrogens (tertiary/aromatic N) is 2. The van der Waals surface area contributed by atoms with Gasteiger partial charge in [0, 0.05) is 44.3 Å². The Morgan fingerprint density at radius 1 is 0.962 bits per heavy atom. The van der Waals surface area contributed by atoms with E-state index in [9.17, 15) is 4.39 Å². The van der Waals surface area contributed by atoms with Crippen molar-refractivity contribution < 1.29 is 9.13 Å². The molecule has 3 heterocycles. The van der Waals surface area contributed by atoms with Gasteiger partial charge >= 0.3 is 0 Å². The van der Waals surface area contributed by atoms with Crippen LogP contribution in [0.25, 0.3) is 0 Å². The van der Waals surface area contributed by atoms with Crippen LogP contribution in [0.5, 0.6) is 5.75 Å². The molecule has 0 N–H and O–H groups in total. The number of para-hydroxylation sites is 1. The minimum atomic E-state index is -0.160. The van der Waals surface area contributed by atoms with Gasteiger partial charge in [-0.15, -0.1) is 0 Å². The molecule has 0 aliphatic carbocycles. The predicted molar refractivity (Wildman–Crippen MR) is 102 cm³/mol. The second kappa shape index (κ2) is 7.77. The summed E-state index contributed by atoms with van der Waals surface area (Å²) in [5, 5.41) is 0. The highest BCUT2D eigenvalue weighted by Gasteiger charge is 2.34. The third-order valence-electron chi connectivity index (χ3n) is 5.79. The lowest BCUT2D eigenvalue weighted by molar-refractivity contribution is 0.122. The van der Waals surface area contributed by atoms with Crippen molar-refractivity contribution in [1.82, 2.24) is 9.80 Å². The molecule has 5 rings (SSSR count). The summed E-state index contributed by atoms with van der Waals surface area (Å²) in [5.41, 5.74) is 2.47. The second-order valence-electron chi connectivity index (χ2n) is 7.66. The fraction of sp³-hybridized carbons (Fsp3) is 0.455. The molecule has 2 aromatic carbocycles. The van der Waals surface area contributed by atoms with Crippen molar-refractivity contribution in [2.45, 2.75) is 32.0 Å². The van der Waals surface area contributed by atoms with E-state index in [1.807, 2.05) is 24.3 Å². The van der Waals surface area contributed by atoms with Crippen LogP contribution in [-0.2, 0) is 13.1 Å². The Balaban J connectivity index is 1.45. The number of ether oxygens (including phenoxy) is 1. The summed E-state index contributed by atoms with van der Waals surface area (Å²) in [5.74, 6) is 1.53. The molecule has 26 heavy (non-hydrogen) atoms. The van der Waals surface area contributed by atoms with Crippen LogP contribution in [0.3, 0.4) is 0 Å². The summed E-state index contributed by atoms with van der Waals surface area (Å²) < 4.78 is 18.7. The SMILES string of the molecule is COc1ccccc1CN1C[C@H]2CC[C@@H]1CN(Cc1ccc(F)cc1)C2. The minimum absolute atomic E-state index is 0.160. The molecule has 2 aromatic rings. The quantitative estimate of drug-likeness (QED) is 0.809. The summed E-state index contributed by atoms with van der Waals surface area (Å²) in [6.07, 6.45) is 2.58. The first kappa shape index (κ1) is 17.5. The van der Waals surface area contributed by atoms with E-state index < -0.39 is 0 Å². The van der Waals surface area contributed by atoms with Gasteiger partial charge in [0.05, 0.1) is 7.11 Å². The molecule has 2 bridgehead atoms. The van der Waals surface area contributed by atoms with Crippen molar-refractivity contribution in [2.75, 3.05) is 26.7 Å². The molecule has 3 nitrogen and oxygen atoms in total. The van der Waals surface area contributed by atoms with Crippen LogP contribution in [0.15, 0.2) is 48.5 Å². The average molecular weight is 354 g/mol. The predicted octanol–water partition coefficient (Wildman–Crippen LogP) is 3.93. The van der Waals surface area contributed by atoms with Crippen LogP contribution in [0.2, 0.25) is 0 Å². The van der Waals surface area contributed by atoms with E-state index in [-0.39, 0.29) is 5.82 Å². The van der Waals surface area contributed by atoms with E-state index in [2.05, 4.69) is 21.9 Å². The number of rotatable bonds is 5. The fourth-order valence-electron chi connectivity index (χ4n) is 4.50. The molecule has 138 valence electrons. The van der Waals surface area contributed by atoms with Gasteiger partial charge in [-0.25, -0.2) is 4.39 Å². The van der Waals surface area contributed by atoms with Crippen LogP contribution < -0.4 is 4.74 Å². The molecular formula is C22H27FN2O. The number of halogens is 1. The molecule has 3 fully saturated rings. The highest BCUT2D eigenvalue weighted by atomic mass is 19.1. The maximum Gasteiger partial charge on any atom is 0.123 e. The van der Waals surface area contributed by atoms with Gasteiger partial charge < -0.3 is 4.74 Å². The maximum atomic E-state index is 13.2. The molecular weight excluding hydrogens is 327 g/mol. The monoisotopic (exact) mass is 354 g/mol. The molecule has 4 heteroatoms. The molecule has 0 spiro atoms. The molecule has 0 saturated carbocycles.